The van der Waals surface area contributed by atoms with Crippen LogP contribution >= 0.6 is 0 Å². The second kappa shape index (κ2) is 8.82. The molecule has 94 valence electrons. The molecule has 2 heteroatoms. The third-order valence-corrected chi connectivity index (χ3v) is 2.53. The molecule has 1 N–H and O–H groups in total. The molecule has 0 amide bonds. The quantitative estimate of drug-likeness (QED) is 0.520. The first-order chi connectivity index (χ1) is 8.36. The summed E-state index contributed by atoms with van der Waals surface area (Å²) in [5, 5.41) is 3.28. The minimum atomic E-state index is 0.817. The van der Waals surface area contributed by atoms with E-state index in [1.807, 2.05) is 18.2 Å². The zero-order valence-electron chi connectivity index (χ0n) is 10.7. The lowest BCUT2D eigenvalue weighted by Crippen LogP contribution is -2.12. The van der Waals surface area contributed by atoms with Gasteiger partial charge < -0.3 is 10.1 Å². The Hall–Kier alpha value is -1.28. The van der Waals surface area contributed by atoms with Crippen molar-refractivity contribution in [2.45, 2.75) is 32.7 Å². The summed E-state index contributed by atoms with van der Waals surface area (Å²) in [5.41, 5.74) is 1.25. The number of hydrogen-bond donors (Lipinski definition) is 1. The Labute approximate surface area is 105 Å². The van der Waals surface area contributed by atoms with Gasteiger partial charge in [-0.2, -0.15) is 0 Å². The van der Waals surface area contributed by atoms with Crippen molar-refractivity contribution < 1.29 is 4.74 Å². The van der Waals surface area contributed by atoms with Crippen LogP contribution in [0.4, 0.5) is 0 Å². The van der Waals surface area contributed by atoms with Crippen molar-refractivity contribution in [3.63, 3.8) is 0 Å². The molecule has 2 nitrogen and oxygen atoms in total. The molecule has 0 aliphatic heterocycles. The summed E-state index contributed by atoms with van der Waals surface area (Å²) in [7, 11) is 0. The molecule has 0 fully saturated rings. The van der Waals surface area contributed by atoms with Gasteiger partial charge in [-0.05, 0) is 24.1 Å². The average Bonchev–Trinajstić information content (AvgIpc) is 2.36. The molecule has 0 spiro atoms. The lowest BCUT2D eigenvalue weighted by atomic mass is 10.2. The average molecular weight is 233 g/mol. The van der Waals surface area contributed by atoms with E-state index < -0.39 is 0 Å². The lowest BCUT2D eigenvalue weighted by Gasteiger charge is -2.08. The maximum atomic E-state index is 5.71. The number of nitrogens with one attached hydrogen (secondary N) is 1. The summed E-state index contributed by atoms with van der Waals surface area (Å²) in [6.45, 7) is 8.39. The van der Waals surface area contributed by atoms with Crippen LogP contribution in [0.5, 0.6) is 5.75 Å². The third kappa shape index (κ3) is 6.12. The van der Waals surface area contributed by atoms with Crippen molar-refractivity contribution in [1.29, 1.82) is 0 Å². The van der Waals surface area contributed by atoms with E-state index in [0.29, 0.717) is 0 Å². The normalized spacial score (nSPS) is 10.2. The molecular weight excluding hydrogens is 210 g/mol. The van der Waals surface area contributed by atoms with Gasteiger partial charge in [-0.25, -0.2) is 0 Å². The van der Waals surface area contributed by atoms with Crippen LogP contribution in [-0.2, 0) is 6.54 Å². The lowest BCUT2D eigenvalue weighted by molar-refractivity contribution is 0.306. The van der Waals surface area contributed by atoms with Crippen molar-refractivity contribution in [3.05, 3.63) is 42.5 Å². The SMILES string of the molecule is C=CCNCc1cccc(OCCCCC)c1. The largest absolute Gasteiger partial charge is 0.494 e. The number of unbranched alkanes of at least 4 members (excludes halogenated alkanes) is 2. The van der Waals surface area contributed by atoms with Crippen molar-refractivity contribution >= 4 is 0 Å². The Balaban J connectivity index is 2.34. The van der Waals surface area contributed by atoms with E-state index in [9.17, 15) is 0 Å². The van der Waals surface area contributed by atoms with Crippen molar-refractivity contribution in [2.75, 3.05) is 13.2 Å². The number of rotatable bonds is 9. The smallest absolute Gasteiger partial charge is 0.119 e. The van der Waals surface area contributed by atoms with Gasteiger partial charge in [0.2, 0.25) is 0 Å². The van der Waals surface area contributed by atoms with Gasteiger partial charge >= 0.3 is 0 Å². The summed E-state index contributed by atoms with van der Waals surface area (Å²) >= 11 is 0. The van der Waals surface area contributed by atoms with Crippen LogP contribution in [0.1, 0.15) is 31.7 Å². The minimum absolute atomic E-state index is 0.817. The molecule has 0 aliphatic carbocycles. The fourth-order valence-corrected chi connectivity index (χ4v) is 1.61. The monoisotopic (exact) mass is 233 g/mol. The van der Waals surface area contributed by atoms with Crippen LogP contribution < -0.4 is 10.1 Å². The molecule has 1 aromatic rings. The Kier molecular flexibility index (Phi) is 7.15. The van der Waals surface area contributed by atoms with Crippen molar-refractivity contribution in [1.82, 2.24) is 5.32 Å². The Morgan fingerprint density at radius 1 is 1.35 bits per heavy atom. The summed E-state index contributed by atoms with van der Waals surface area (Å²) in [6, 6.07) is 8.26. The molecule has 0 aliphatic rings. The fraction of sp³-hybridized carbons (Fsp3) is 0.467. The summed E-state index contributed by atoms with van der Waals surface area (Å²) in [4.78, 5) is 0. The van der Waals surface area contributed by atoms with Gasteiger partial charge in [-0.1, -0.05) is 38.0 Å². The molecule has 1 aromatic carbocycles. The van der Waals surface area contributed by atoms with Gasteiger partial charge in [-0.3, -0.25) is 0 Å². The van der Waals surface area contributed by atoms with Crippen LogP contribution in [0.25, 0.3) is 0 Å². The second-order valence-electron chi connectivity index (χ2n) is 4.12. The van der Waals surface area contributed by atoms with Crippen LogP contribution in [0.3, 0.4) is 0 Å². The molecule has 0 bridgehead atoms. The highest BCUT2D eigenvalue weighted by Gasteiger charge is 1.96. The predicted molar refractivity (Wildman–Crippen MR) is 73.4 cm³/mol. The second-order valence-corrected chi connectivity index (χ2v) is 4.12. The van der Waals surface area contributed by atoms with Gasteiger partial charge in [0.05, 0.1) is 6.61 Å². The summed E-state index contributed by atoms with van der Waals surface area (Å²) in [6.07, 6.45) is 5.47. The molecule has 0 aromatic heterocycles. The summed E-state index contributed by atoms with van der Waals surface area (Å²) < 4.78 is 5.71. The molecule has 0 saturated carbocycles. The molecule has 0 radical (unpaired) electrons. The number of hydrogen-bond acceptors (Lipinski definition) is 2. The highest BCUT2D eigenvalue weighted by Crippen LogP contribution is 2.13. The highest BCUT2D eigenvalue weighted by molar-refractivity contribution is 5.28. The number of ether oxygens (including phenoxy) is 1. The first-order valence-corrected chi connectivity index (χ1v) is 6.40. The third-order valence-electron chi connectivity index (χ3n) is 2.53. The Morgan fingerprint density at radius 3 is 3.00 bits per heavy atom. The standard InChI is InChI=1S/C15H23NO/c1-3-5-6-11-17-15-9-7-8-14(12-15)13-16-10-4-2/h4,7-9,12,16H,2-3,5-6,10-11,13H2,1H3. The van der Waals surface area contributed by atoms with Crippen molar-refractivity contribution in [3.8, 4) is 5.75 Å². The molecular formula is C15H23NO. The molecule has 1 rings (SSSR count). The van der Waals surface area contributed by atoms with Crippen LogP contribution in [0.15, 0.2) is 36.9 Å². The Bertz CT molecular complexity index is 322. The maximum Gasteiger partial charge on any atom is 0.119 e. The first kappa shape index (κ1) is 13.8. The highest BCUT2D eigenvalue weighted by atomic mass is 16.5. The molecule has 0 heterocycles. The Morgan fingerprint density at radius 2 is 2.24 bits per heavy atom. The zero-order chi connectivity index (χ0) is 12.3. The zero-order valence-corrected chi connectivity index (χ0v) is 10.7. The topological polar surface area (TPSA) is 21.3 Å². The molecule has 0 saturated heterocycles. The van der Waals surface area contributed by atoms with Crippen LogP contribution in [0.2, 0.25) is 0 Å². The number of benzene rings is 1. The van der Waals surface area contributed by atoms with Crippen LogP contribution in [-0.4, -0.2) is 13.2 Å². The van der Waals surface area contributed by atoms with Gasteiger partial charge in [0, 0.05) is 13.1 Å². The van der Waals surface area contributed by atoms with E-state index in [0.717, 1.165) is 31.9 Å². The molecule has 17 heavy (non-hydrogen) atoms. The van der Waals surface area contributed by atoms with E-state index in [-0.39, 0.29) is 0 Å². The van der Waals surface area contributed by atoms with Gasteiger partial charge in [0.15, 0.2) is 0 Å². The van der Waals surface area contributed by atoms with Gasteiger partial charge in [-0.15, -0.1) is 6.58 Å². The van der Waals surface area contributed by atoms with E-state index in [2.05, 4.69) is 31.0 Å². The minimum Gasteiger partial charge on any atom is -0.494 e. The molecule has 0 unspecified atom stereocenters. The maximum absolute atomic E-state index is 5.71. The van der Waals surface area contributed by atoms with E-state index >= 15 is 0 Å². The van der Waals surface area contributed by atoms with Crippen molar-refractivity contribution in [2.24, 2.45) is 0 Å². The van der Waals surface area contributed by atoms with Gasteiger partial charge in [0.25, 0.3) is 0 Å². The van der Waals surface area contributed by atoms with Crippen LogP contribution in [0, 0.1) is 0 Å². The first-order valence-electron chi connectivity index (χ1n) is 6.40. The van der Waals surface area contributed by atoms with Gasteiger partial charge in [0.1, 0.15) is 5.75 Å². The van der Waals surface area contributed by atoms with E-state index in [1.54, 1.807) is 0 Å². The summed E-state index contributed by atoms with van der Waals surface area (Å²) in [5.74, 6) is 0.971. The fourth-order valence-electron chi connectivity index (χ4n) is 1.61. The predicted octanol–water partition coefficient (Wildman–Crippen LogP) is 3.53. The van der Waals surface area contributed by atoms with E-state index in [1.165, 1.54) is 18.4 Å². The molecule has 0 atom stereocenters. The van der Waals surface area contributed by atoms with E-state index in [4.69, 9.17) is 4.74 Å².